The standard InChI is InChI=1S/C10H10.C6H6/c1-2-6-9(5-1)10-7-3-4-8-10;1-2-4-6-5-3-1/h1-5,7H,6,8H2;1-6H. The second kappa shape index (κ2) is 5.92. The van der Waals surface area contributed by atoms with Crippen LogP contribution in [0.4, 0.5) is 0 Å². The van der Waals surface area contributed by atoms with Gasteiger partial charge in [-0.1, -0.05) is 72.9 Å². The summed E-state index contributed by atoms with van der Waals surface area (Å²) in [7, 11) is 0. The second-order valence-electron chi connectivity index (χ2n) is 3.80. The van der Waals surface area contributed by atoms with Crippen molar-refractivity contribution in [1.29, 1.82) is 0 Å². The Kier molecular flexibility index (Phi) is 3.95. The third-order valence-electron chi connectivity index (χ3n) is 2.62. The molecule has 2 aliphatic carbocycles. The van der Waals surface area contributed by atoms with E-state index in [9.17, 15) is 0 Å². The molecular formula is C16H16. The van der Waals surface area contributed by atoms with E-state index in [1.54, 1.807) is 0 Å². The zero-order valence-electron chi connectivity index (χ0n) is 9.34. The van der Waals surface area contributed by atoms with Crippen molar-refractivity contribution in [2.75, 3.05) is 0 Å². The van der Waals surface area contributed by atoms with Crippen LogP contribution < -0.4 is 0 Å². The Bertz CT molecular complexity index is 376. The molecule has 1 aromatic rings. The number of allylic oxidation sites excluding steroid dienone is 8. The molecule has 0 saturated heterocycles. The van der Waals surface area contributed by atoms with Crippen LogP contribution >= 0.6 is 0 Å². The van der Waals surface area contributed by atoms with Gasteiger partial charge in [0, 0.05) is 0 Å². The van der Waals surface area contributed by atoms with E-state index < -0.39 is 0 Å². The molecule has 0 aliphatic heterocycles. The number of rotatable bonds is 1. The van der Waals surface area contributed by atoms with Gasteiger partial charge < -0.3 is 0 Å². The van der Waals surface area contributed by atoms with Crippen LogP contribution in [0.25, 0.3) is 0 Å². The molecule has 0 radical (unpaired) electrons. The minimum atomic E-state index is 1.13. The first kappa shape index (κ1) is 10.7. The van der Waals surface area contributed by atoms with Gasteiger partial charge in [0.05, 0.1) is 0 Å². The third kappa shape index (κ3) is 3.09. The number of benzene rings is 1. The van der Waals surface area contributed by atoms with Crippen LogP contribution in [0.2, 0.25) is 0 Å². The molecule has 16 heavy (non-hydrogen) atoms. The zero-order valence-corrected chi connectivity index (χ0v) is 9.34. The van der Waals surface area contributed by atoms with Crippen molar-refractivity contribution >= 4 is 0 Å². The highest BCUT2D eigenvalue weighted by molar-refractivity contribution is 5.44. The van der Waals surface area contributed by atoms with Gasteiger partial charge in [-0.2, -0.15) is 0 Å². The molecule has 0 heterocycles. The molecule has 0 unspecified atom stereocenters. The number of hydrogen-bond donors (Lipinski definition) is 0. The Morgan fingerprint density at radius 2 is 0.938 bits per heavy atom. The van der Waals surface area contributed by atoms with Crippen molar-refractivity contribution in [2.45, 2.75) is 12.8 Å². The van der Waals surface area contributed by atoms with Crippen molar-refractivity contribution in [1.82, 2.24) is 0 Å². The van der Waals surface area contributed by atoms with Gasteiger partial charge in [0.25, 0.3) is 0 Å². The maximum atomic E-state index is 2.21. The highest BCUT2D eigenvalue weighted by Gasteiger charge is 2.05. The van der Waals surface area contributed by atoms with E-state index in [-0.39, 0.29) is 0 Å². The van der Waals surface area contributed by atoms with Gasteiger partial charge in [0.1, 0.15) is 0 Å². The summed E-state index contributed by atoms with van der Waals surface area (Å²) in [5, 5.41) is 0. The van der Waals surface area contributed by atoms with Gasteiger partial charge in [0.2, 0.25) is 0 Å². The SMILES string of the molecule is C1=CCC(C2=CC=CC2)=C1.c1ccccc1. The van der Waals surface area contributed by atoms with E-state index in [4.69, 9.17) is 0 Å². The molecule has 80 valence electrons. The largest absolute Gasteiger partial charge is 0.0801 e. The lowest BCUT2D eigenvalue weighted by atomic mass is 10.1. The molecule has 0 N–H and O–H groups in total. The maximum absolute atomic E-state index is 2.21. The predicted octanol–water partition coefficient (Wildman–Crippen LogP) is 4.45. The first-order chi connectivity index (χ1) is 7.97. The molecule has 0 saturated carbocycles. The molecular weight excluding hydrogens is 192 g/mol. The summed E-state index contributed by atoms with van der Waals surface area (Å²) in [6.45, 7) is 0. The Morgan fingerprint density at radius 1 is 0.562 bits per heavy atom. The van der Waals surface area contributed by atoms with Crippen molar-refractivity contribution < 1.29 is 0 Å². The van der Waals surface area contributed by atoms with Crippen LogP contribution in [0.15, 0.2) is 84.0 Å². The molecule has 0 heteroatoms. The first-order valence-electron chi connectivity index (χ1n) is 5.68. The molecule has 0 atom stereocenters. The minimum absolute atomic E-state index is 1.13. The predicted molar refractivity (Wildman–Crippen MR) is 70.1 cm³/mol. The van der Waals surface area contributed by atoms with Crippen molar-refractivity contribution in [3.8, 4) is 0 Å². The summed E-state index contributed by atoms with van der Waals surface area (Å²) >= 11 is 0. The molecule has 0 aromatic heterocycles. The normalized spacial score (nSPS) is 16.5. The van der Waals surface area contributed by atoms with E-state index in [1.165, 1.54) is 11.1 Å². The van der Waals surface area contributed by atoms with Crippen LogP contribution in [-0.2, 0) is 0 Å². The summed E-state index contributed by atoms with van der Waals surface area (Å²) in [4.78, 5) is 0. The summed E-state index contributed by atoms with van der Waals surface area (Å²) in [6.07, 6.45) is 15.4. The van der Waals surface area contributed by atoms with Gasteiger partial charge in [-0.15, -0.1) is 0 Å². The Labute approximate surface area is 97.3 Å². The van der Waals surface area contributed by atoms with Gasteiger partial charge in [-0.25, -0.2) is 0 Å². The highest BCUT2D eigenvalue weighted by Crippen LogP contribution is 2.25. The van der Waals surface area contributed by atoms with Crippen LogP contribution in [-0.4, -0.2) is 0 Å². The monoisotopic (exact) mass is 208 g/mol. The second-order valence-corrected chi connectivity index (χ2v) is 3.80. The molecule has 0 fully saturated rings. The lowest BCUT2D eigenvalue weighted by Gasteiger charge is -1.99. The summed E-state index contributed by atoms with van der Waals surface area (Å²) in [5.74, 6) is 0. The highest BCUT2D eigenvalue weighted by atomic mass is 14.1. The average Bonchev–Trinajstić information content (AvgIpc) is 3.05. The van der Waals surface area contributed by atoms with Crippen molar-refractivity contribution in [3.63, 3.8) is 0 Å². The molecule has 3 rings (SSSR count). The maximum Gasteiger partial charge on any atom is -0.00915 e. The van der Waals surface area contributed by atoms with E-state index in [1.807, 2.05) is 36.4 Å². The Balaban J connectivity index is 0.000000138. The average molecular weight is 208 g/mol. The molecule has 0 nitrogen and oxygen atoms in total. The summed E-state index contributed by atoms with van der Waals surface area (Å²) in [5.41, 5.74) is 2.98. The fraction of sp³-hybridized carbons (Fsp3) is 0.125. The molecule has 0 bridgehead atoms. The lowest BCUT2D eigenvalue weighted by Crippen LogP contribution is -1.80. The quantitative estimate of drug-likeness (QED) is 0.639. The van der Waals surface area contributed by atoms with E-state index in [2.05, 4.69) is 36.5 Å². The lowest BCUT2D eigenvalue weighted by molar-refractivity contribution is 1.18. The van der Waals surface area contributed by atoms with E-state index in [0.717, 1.165) is 12.8 Å². The smallest absolute Gasteiger partial charge is 0.00915 e. The van der Waals surface area contributed by atoms with Gasteiger partial charge in [-0.05, 0) is 24.0 Å². The van der Waals surface area contributed by atoms with Crippen molar-refractivity contribution in [3.05, 3.63) is 84.0 Å². The van der Waals surface area contributed by atoms with Crippen molar-refractivity contribution in [2.24, 2.45) is 0 Å². The summed E-state index contributed by atoms with van der Waals surface area (Å²) in [6, 6.07) is 12.0. The van der Waals surface area contributed by atoms with Gasteiger partial charge in [0.15, 0.2) is 0 Å². The number of hydrogen-bond acceptors (Lipinski definition) is 0. The molecule has 1 aromatic carbocycles. The van der Waals surface area contributed by atoms with E-state index in [0.29, 0.717) is 0 Å². The Hall–Kier alpha value is -1.82. The third-order valence-corrected chi connectivity index (χ3v) is 2.62. The topological polar surface area (TPSA) is 0 Å². The van der Waals surface area contributed by atoms with Gasteiger partial charge >= 0.3 is 0 Å². The van der Waals surface area contributed by atoms with Crippen LogP contribution in [0.3, 0.4) is 0 Å². The van der Waals surface area contributed by atoms with Crippen LogP contribution in [0.5, 0.6) is 0 Å². The molecule has 2 aliphatic rings. The Morgan fingerprint density at radius 3 is 1.19 bits per heavy atom. The van der Waals surface area contributed by atoms with E-state index >= 15 is 0 Å². The van der Waals surface area contributed by atoms with Crippen LogP contribution in [0.1, 0.15) is 12.8 Å². The minimum Gasteiger partial charge on any atom is -0.0801 e. The molecule has 0 spiro atoms. The summed E-state index contributed by atoms with van der Waals surface area (Å²) < 4.78 is 0. The van der Waals surface area contributed by atoms with Gasteiger partial charge in [-0.3, -0.25) is 0 Å². The fourth-order valence-corrected chi connectivity index (χ4v) is 1.76. The first-order valence-corrected chi connectivity index (χ1v) is 5.68. The molecule has 0 amide bonds. The zero-order chi connectivity index (χ0) is 11.1. The fourth-order valence-electron chi connectivity index (χ4n) is 1.76. The van der Waals surface area contributed by atoms with Crippen LogP contribution in [0, 0.1) is 0 Å².